The molecule has 0 aliphatic carbocycles. The Bertz CT molecular complexity index is 833. The molecule has 0 fully saturated rings. The number of anilines is 1. The van der Waals surface area contributed by atoms with E-state index < -0.39 is 30.2 Å². The van der Waals surface area contributed by atoms with Gasteiger partial charge in [0.25, 0.3) is 5.91 Å². The van der Waals surface area contributed by atoms with Crippen molar-refractivity contribution in [2.45, 2.75) is 12.7 Å². The molecule has 150 valence electrons. The van der Waals surface area contributed by atoms with E-state index in [0.29, 0.717) is 12.6 Å². The van der Waals surface area contributed by atoms with Gasteiger partial charge in [0.15, 0.2) is 6.61 Å². The van der Waals surface area contributed by atoms with Crippen molar-refractivity contribution in [2.24, 2.45) is 0 Å². The van der Waals surface area contributed by atoms with Crippen LogP contribution >= 0.6 is 0 Å². The molecule has 1 amide bonds. The molecule has 0 N–H and O–H groups in total. The number of carbonyl (C=O) groups is 2. The van der Waals surface area contributed by atoms with Crippen LogP contribution in [0.2, 0.25) is 0 Å². The summed E-state index contributed by atoms with van der Waals surface area (Å²) in [5.74, 6) is -1.44. The van der Waals surface area contributed by atoms with Gasteiger partial charge in [-0.25, -0.2) is 4.79 Å². The summed E-state index contributed by atoms with van der Waals surface area (Å²) >= 11 is 0. The van der Waals surface area contributed by atoms with Gasteiger partial charge in [-0.05, 0) is 35.9 Å². The summed E-state index contributed by atoms with van der Waals surface area (Å²) in [6.07, 6.45) is -4.56. The topological polar surface area (TPSA) is 49.9 Å². The van der Waals surface area contributed by atoms with Crippen LogP contribution in [0.15, 0.2) is 48.5 Å². The number of amides is 1. The molecule has 2 rings (SSSR count). The molecule has 0 aromatic heterocycles. The smallest absolute Gasteiger partial charge is 0.416 e. The Morgan fingerprint density at radius 3 is 2.21 bits per heavy atom. The molecule has 0 unspecified atom stereocenters. The lowest BCUT2D eigenvalue weighted by atomic mass is 10.1. The molecule has 0 radical (unpaired) electrons. The standard InChI is InChI=1S/C20H21F3N2O3/c1-24(2)17-9-7-14(8-10-17)12-25(3)18(26)13-28-19(27)15-5-4-6-16(11-15)20(21,22)23/h4-11H,12-13H2,1-3H3. The molecular formula is C20H21F3N2O3. The molecule has 0 atom stereocenters. The monoisotopic (exact) mass is 394 g/mol. The maximum atomic E-state index is 12.7. The molecule has 0 aliphatic rings. The maximum absolute atomic E-state index is 12.7. The molecule has 2 aromatic carbocycles. The van der Waals surface area contributed by atoms with Crippen molar-refractivity contribution in [3.63, 3.8) is 0 Å². The van der Waals surface area contributed by atoms with Crippen LogP contribution in [0, 0.1) is 0 Å². The van der Waals surface area contributed by atoms with Crippen LogP contribution in [-0.4, -0.2) is 44.5 Å². The molecule has 28 heavy (non-hydrogen) atoms. The molecule has 0 saturated carbocycles. The zero-order valence-electron chi connectivity index (χ0n) is 15.8. The lowest BCUT2D eigenvalue weighted by Crippen LogP contribution is -2.30. The molecule has 0 saturated heterocycles. The quantitative estimate of drug-likeness (QED) is 0.703. The van der Waals surface area contributed by atoms with Gasteiger partial charge in [-0.15, -0.1) is 0 Å². The van der Waals surface area contributed by atoms with Gasteiger partial charge in [-0.1, -0.05) is 18.2 Å². The first-order chi connectivity index (χ1) is 13.1. The highest BCUT2D eigenvalue weighted by atomic mass is 19.4. The van der Waals surface area contributed by atoms with E-state index >= 15 is 0 Å². The Labute approximate surface area is 161 Å². The van der Waals surface area contributed by atoms with Gasteiger partial charge in [0, 0.05) is 33.4 Å². The second kappa shape index (κ2) is 8.77. The fourth-order valence-corrected chi connectivity index (χ4v) is 2.40. The van der Waals surface area contributed by atoms with Crippen LogP contribution in [0.5, 0.6) is 0 Å². The summed E-state index contributed by atoms with van der Waals surface area (Å²) in [7, 11) is 5.40. The Balaban J connectivity index is 1.91. The third-order valence-electron chi connectivity index (χ3n) is 4.05. The number of hydrogen-bond donors (Lipinski definition) is 0. The summed E-state index contributed by atoms with van der Waals surface area (Å²) < 4.78 is 43.0. The molecule has 0 bridgehead atoms. The van der Waals surface area contributed by atoms with Crippen molar-refractivity contribution in [1.29, 1.82) is 0 Å². The number of ether oxygens (including phenoxy) is 1. The summed E-state index contributed by atoms with van der Waals surface area (Å²) in [5, 5.41) is 0. The van der Waals surface area contributed by atoms with Crippen molar-refractivity contribution in [2.75, 3.05) is 32.6 Å². The first-order valence-corrected chi connectivity index (χ1v) is 8.42. The van der Waals surface area contributed by atoms with Crippen LogP contribution in [0.3, 0.4) is 0 Å². The lowest BCUT2D eigenvalue weighted by Gasteiger charge is -2.18. The van der Waals surface area contributed by atoms with Gasteiger partial charge in [0.1, 0.15) is 0 Å². The molecule has 5 nitrogen and oxygen atoms in total. The minimum atomic E-state index is -4.56. The van der Waals surface area contributed by atoms with Crippen LogP contribution in [0.25, 0.3) is 0 Å². The summed E-state index contributed by atoms with van der Waals surface area (Å²) in [5.41, 5.74) is 0.703. The van der Waals surface area contributed by atoms with Crippen molar-refractivity contribution >= 4 is 17.6 Å². The van der Waals surface area contributed by atoms with E-state index in [1.54, 1.807) is 7.05 Å². The van der Waals surface area contributed by atoms with Gasteiger partial charge in [0.05, 0.1) is 11.1 Å². The number of halogens is 3. The third kappa shape index (κ3) is 5.73. The predicted molar refractivity (Wildman–Crippen MR) is 99.0 cm³/mol. The Kier molecular flexibility index (Phi) is 6.66. The largest absolute Gasteiger partial charge is 0.452 e. The number of esters is 1. The molecule has 0 aliphatic heterocycles. The molecule has 0 spiro atoms. The Morgan fingerprint density at radius 1 is 1.00 bits per heavy atom. The second-order valence-corrected chi connectivity index (χ2v) is 6.47. The van der Waals surface area contributed by atoms with E-state index in [9.17, 15) is 22.8 Å². The van der Waals surface area contributed by atoms with E-state index in [1.807, 2.05) is 43.3 Å². The van der Waals surface area contributed by atoms with Gasteiger partial charge in [0.2, 0.25) is 0 Å². The average molecular weight is 394 g/mol. The number of likely N-dealkylation sites (N-methyl/N-ethyl adjacent to an activating group) is 1. The highest BCUT2D eigenvalue weighted by Crippen LogP contribution is 2.29. The number of hydrogen-bond acceptors (Lipinski definition) is 4. The zero-order chi connectivity index (χ0) is 20.9. The highest BCUT2D eigenvalue weighted by molar-refractivity contribution is 5.91. The number of benzene rings is 2. The van der Waals surface area contributed by atoms with Gasteiger partial charge >= 0.3 is 12.1 Å². The minimum absolute atomic E-state index is 0.260. The van der Waals surface area contributed by atoms with Gasteiger partial charge < -0.3 is 14.5 Å². The van der Waals surface area contributed by atoms with Crippen LogP contribution in [-0.2, 0) is 22.3 Å². The number of carbonyl (C=O) groups excluding carboxylic acids is 2. The fraction of sp³-hybridized carbons (Fsp3) is 0.300. The van der Waals surface area contributed by atoms with E-state index in [-0.39, 0.29) is 5.56 Å². The van der Waals surface area contributed by atoms with Crippen molar-refractivity contribution in [3.05, 3.63) is 65.2 Å². The van der Waals surface area contributed by atoms with Crippen LogP contribution < -0.4 is 4.90 Å². The predicted octanol–water partition coefficient (Wildman–Crippen LogP) is 3.59. The Hall–Kier alpha value is -3.03. The Morgan fingerprint density at radius 2 is 1.64 bits per heavy atom. The highest BCUT2D eigenvalue weighted by Gasteiger charge is 2.31. The van der Waals surface area contributed by atoms with Gasteiger partial charge in [-0.3, -0.25) is 4.79 Å². The SMILES string of the molecule is CN(Cc1ccc(N(C)C)cc1)C(=O)COC(=O)c1cccc(C(F)(F)F)c1. The summed E-state index contributed by atoms with van der Waals surface area (Å²) in [6, 6.07) is 11.5. The van der Waals surface area contributed by atoms with Crippen molar-refractivity contribution in [1.82, 2.24) is 4.90 Å². The maximum Gasteiger partial charge on any atom is 0.416 e. The van der Waals surface area contributed by atoms with Crippen LogP contribution in [0.1, 0.15) is 21.5 Å². The van der Waals surface area contributed by atoms with Crippen LogP contribution in [0.4, 0.5) is 18.9 Å². The van der Waals surface area contributed by atoms with E-state index in [0.717, 1.165) is 23.4 Å². The summed E-state index contributed by atoms with van der Waals surface area (Å²) in [4.78, 5) is 27.4. The van der Waals surface area contributed by atoms with E-state index in [2.05, 4.69) is 0 Å². The van der Waals surface area contributed by atoms with E-state index in [4.69, 9.17) is 4.74 Å². The fourth-order valence-electron chi connectivity index (χ4n) is 2.40. The number of alkyl halides is 3. The molecule has 0 heterocycles. The van der Waals surface area contributed by atoms with Crippen molar-refractivity contribution < 1.29 is 27.5 Å². The molecule has 8 heteroatoms. The molecule has 2 aromatic rings. The lowest BCUT2D eigenvalue weighted by molar-refractivity contribution is -0.137. The second-order valence-electron chi connectivity index (χ2n) is 6.47. The van der Waals surface area contributed by atoms with Gasteiger partial charge in [-0.2, -0.15) is 13.2 Å². The first-order valence-electron chi connectivity index (χ1n) is 8.42. The number of nitrogens with zero attached hydrogens (tertiary/aromatic N) is 2. The van der Waals surface area contributed by atoms with E-state index in [1.165, 1.54) is 11.0 Å². The zero-order valence-corrected chi connectivity index (χ0v) is 15.8. The average Bonchev–Trinajstić information content (AvgIpc) is 2.65. The first kappa shape index (κ1) is 21.3. The van der Waals surface area contributed by atoms with Crippen molar-refractivity contribution in [3.8, 4) is 0 Å². The summed E-state index contributed by atoms with van der Waals surface area (Å²) in [6.45, 7) is -0.241. The number of rotatable bonds is 6. The minimum Gasteiger partial charge on any atom is -0.452 e. The molecular weight excluding hydrogens is 373 g/mol. The third-order valence-corrected chi connectivity index (χ3v) is 4.05. The normalized spacial score (nSPS) is 11.1.